The maximum atomic E-state index is 13.3. The molecule has 3 aromatic heterocycles. The summed E-state index contributed by atoms with van der Waals surface area (Å²) in [4.78, 5) is 41.6. The van der Waals surface area contributed by atoms with Crippen LogP contribution >= 0.6 is 11.6 Å². The van der Waals surface area contributed by atoms with Gasteiger partial charge in [0.15, 0.2) is 0 Å². The Morgan fingerprint density at radius 1 is 1.03 bits per heavy atom. The molecule has 0 aliphatic carbocycles. The van der Waals surface area contributed by atoms with Gasteiger partial charge in [-0.05, 0) is 67.4 Å². The van der Waals surface area contributed by atoms with Crippen LogP contribution in [0, 0.1) is 0 Å². The Labute approximate surface area is 215 Å². The molecular formula is C27H22ClN5O4. The number of carbonyl (C=O) groups excluding carboxylic acids is 1. The summed E-state index contributed by atoms with van der Waals surface area (Å²) >= 11 is 6.06. The minimum absolute atomic E-state index is 0.175. The van der Waals surface area contributed by atoms with Crippen LogP contribution in [-0.4, -0.2) is 29.7 Å². The van der Waals surface area contributed by atoms with Gasteiger partial charge in [0.2, 0.25) is 5.88 Å². The first kappa shape index (κ1) is 22.9. The summed E-state index contributed by atoms with van der Waals surface area (Å²) in [5.74, 6) is -0.564. The third-order valence-electron chi connectivity index (χ3n) is 6.70. The molecule has 5 aromatic rings. The maximum Gasteiger partial charge on any atom is 0.335 e. The fourth-order valence-electron chi connectivity index (χ4n) is 4.94. The Morgan fingerprint density at radius 3 is 2.59 bits per heavy atom. The van der Waals surface area contributed by atoms with Gasteiger partial charge in [-0.2, -0.15) is 0 Å². The third-order valence-corrected chi connectivity index (χ3v) is 6.93. The number of halogens is 1. The van der Waals surface area contributed by atoms with Crippen molar-refractivity contribution in [2.45, 2.75) is 25.4 Å². The second-order valence-corrected chi connectivity index (χ2v) is 9.42. The number of nitrogens with one attached hydrogen (secondary N) is 2. The summed E-state index contributed by atoms with van der Waals surface area (Å²) in [6.45, 7) is 0.434. The summed E-state index contributed by atoms with van der Waals surface area (Å²) < 4.78 is 4.22. The van der Waals surface area contributed by atoms with Crippen molar-refractivity contribution in [3.8, 4) is 17.3 Å². The molecule has 3 N–H and O–H groups in total. The number of pyridine rings is 1. The fourth-order valence-corrected chi connectivity index (χ4v) is 5.12. The molecule has 0 fully saturated rings. The second-order valence-electron chi connectivity index (χ2n) is 8.99. The number of fused-ring (bicyclic) bond motifs is 2. The van der Waals surface area contributed by atoms with Crippen molar-refractivity contribution in [1.29, 1.82) is 0 Å². The van der Waals surface area contributed by atoms with Crippen molar-refractivity contribution >= 4 is 28.4 Å². The molecule has 1 amide bonds. The van der Waals surface area contributed by atoms with Crippen LogP contribution in [0.25, 0.3) is 22.3 Å². The summed E-state index contributed by atoms with van der Waals surface area (Å²) in [7, 11) is 0. The first-order chi connectivity index (χ1) is 17.9. The van der Waals surface area contributed by atoms with E-state index in [2.05, 4.69) is 10.3 Å². The summed E-state index contributed by atoms with van der Waals surface area (Å²) in [6, 6.07) is 18.1. The van der Waals surface area contributed by atoms with E-state index in [1.54, 1.807) is 66.9 Å². The highest BCUT2D eigenvalue weighted by atomic mass is 35.5. The number of aromatic nitrogens is 4. The van der Waals surface area contributed by atoms with Crippen molar-refractivity contribution < 1.29 is 9.90 Å². The highest BCUT2D eigenvalue weighted by molar-refractivity contribution is 6.31. The van der Waals surface area contributed by atoms with Crippen molar-refractivity contribution in [2.24, 2.45) is 0 Å². The van der Waals surface area contributed by atoms with Gasteiger partial charge in [-0.1, -0.05) is 17.7 Å². The molecule has 186 valence electrons. The number of aromatic amines is 1. The van der Waals surface area contributed by atoms with Crippen molar-refractivity contribution in [2.75, 3.05) is 0 Å². The molecule has 0 saturated carbocycles. The van der Waals surface area contributed by atoms with Gasteiger partial charge in [0.05, 0.1) is 11.7 Å². The largest absolute Gasteiger partial charge is 0.493 e. The van der Waals surface area contributed by atoms with Crippen LogP contribution in [0.3, 0.4) is 0 Å². The molecule has 9 nitrogen and oxygen atoms in total. The molecule has 0 spiro atoms. The van der Waals surface area contributed by atoms with E-state index in [9.17, 15) is 19.5 Å². The van der Waals surface area contributed by atoms with Gasteiger partial charge in [0, 0.05) is 40.4 Å². The number of carbonyl (C=O) groups is 1. The van der Waals surface area contributed by atoms with Crippen LogP contribution in [0.4, 0.5) is 0 Å². The van der Waals surface area contributed by atoms with E-state index in [0.717, 1.165) is 10.9 Å². The normalized spacial score (nSPS) is 15.0. The molecule has 1 aliphatic heterocycles. The van der Waals surface area contributed by atoms with E-state index in [1.807, 2.05) is 0 Å². The molecule has 0 saturated heterocycles. The molecule has 1 atom stereocenters. The lowest BCUT2D eigenvalue weighted by Gasteiger charge is -2.24. The fraction of sp³-hybridized carbons (Fsp3) is 0.148. The minimum Gasteiger partial charge on any atom is -0.493 e. The zero-order chi connectivity index (χ0) is 25.7. The highest BCUT2D eigenvalue weighted by Crippen LogP contribution is 2.33. The zero-order valence-corrected chi connectivity index (χ0v) is 20.3. The van der Waals surface area contributed by atoms with Crippen LogP contribution < -0.4 is 16.6 Å². The Kier molecular flexibility index (Phi) is 5.49. The topological polar surface area (TPSA) is 114 Å². The van der Waals surface area contributed by atoms with Gasteiger partial charge < -0.3 is 15.4 Å². The van der Waals surface area contributed by atoms with Crippen molar-refractivity contribution in [1.82, 2.24) is 24.0 Å². The molecule has 2 aromatic carbocycles. The number of rotatable bonds is 4. The van der Waals surface area contributed by atoms with Gasteiger partial charge in [-0.15, -0.1) is 0 Å². The van der Waals surface area contributed by atoms with E-state index < -0.39 is 11.7 Å². The van der Waals surface area contributed by atoms with E-state index in [1.165, 1.54) is 19.8 Å². The average Bonchev–Trinajstić information content (AvgIpc) is 3.43. The maximum absolute atomic E-state index is 13.3. The Hall–Kier alpha value is -4.50. The third kappa shape index (κ3) is 3.93. The highest BCUT2D eigenvalue weighted by Gasteiger charge is 2.31. The predicted octanol–water partition coefficient (Wildman–Crippen LogP) is 3.90. The molecule has 0 bridgehead atoms. The second kappa shape index (κ2) is 8.86. The molecule has 4 heterocycles. The van der Waals surface area contributed by atoms with E-state index in [-0.39, 0.29) is 17.3 Å². The van der Waals surface area contributed by atoms with Gasteiger partial charge in [-0.3, -0.25) is 18.7 Å². The molecule has 0 radical (unpaired) electrons. The minimum atomic E-state index is -0.549. The lowest BCUT2D eigenvalue weighted by Crippen LogP contribution is -2.35. The number of nitrogens with zero attached hydrogens (tertiary/aromatic N) is 3. The van der Waals surface area contributed by atoms with Crippen molar-refractivity contribution in [3.63, 3.8) is 0 Å². The van der Waals surface area contributed by atoms with Crippen LogP contribution in [-0.2, 0) is 6.54 Å². The quantitative estimate of drug-likeness (QED) is 0.337. The van der Waals surface area contributed by atoms with E-state index in [4.69, 9.17) is 11.6 Å². The molecular weight excluding hydrogens is 494 g/mol. The first-order valence-corrected chi connectivity index (χ1v) is 12.2. The SMILES string of the molecule is O=C(N[C@@H]1CCCn2c1c(O)n(-c1ccc(-n3ccccc3=O)cc1)c2=O)c1cc2cc(Cl)ccc2[nH]1. The van der Waals surface area contributed by atoms with Gasteiger partial charge in [0.25, 0.3) is 11.5 Å². The lowest BCUT2D eigenvalue weighted by atomic mass is 10.0. The molecule has 0 unspecified atom stereocenters. The van der Waals surface area contributed by atoms with Gasteiger partial charge in [-0.25, -0.2) is 9.36 Å². The molecule has 1 aliphatic rings. The summed E-state index contributed by atoms with van der Waals surface area (Å²) in [6.07, 6.45) is 2.90. The summed E-state index contributed by atoms with van der Waals surface area (Å²) in [5.41, 5.74) is 2.03. The smallest absolute Gasteiger partial charge is 0.335 e. The van der Waals surface area contributed by atoms with Crippen LogP contribution in [0.1, 0.15) is 35.1 Å². The number of hydrogen-bond acceptors (Lipinski definition) is 4. The predicted molar refractivity (Wildman–Crippen MR) is 140 cm³/mol. The number of imidazole rings is 1. The standard InChI is InChI=1S/C27H22ClN5O4/c28-17-6-11-20-16(14-17)15-22(29-20)25(35)30-21-4-3-13-32-24(21)26(36)33(27(32)37)19-9-7-18(8-10-19)31-12-2-1-5-23(31)34/h1-2,5-12,14-15,21,29,36H,3-4,13H2,(H,30,35)/t21-/m1/s1. The zero-order valence-electron chi connectivity index (χ0n) is 19.5. The van der Waals surface area contributed by atoms with E-state index >= 15 is 0 Å². The van der Waals surface area contributed by atoms with Crippen LogP contribution in [0.2, 0.25) is 5.02 Å². The number of amides is 1. The summed E-state index contributed by atoms with van der Waals surface area (Å²) in [5, 5.41) is 15.5. The molecule has 6 rings (SSSR count). The first-order valence-electron chi connectivity index (χ1n) is 11.8. The van der Waals surface area contributed by atoms with Crippen molar-refractivity contribution in [3.05, 3.63) is 110 Å². The Balaban J connectivity index is 1.32. The number of H-pyrrole nitrogens is 1. The molecule has 10 heteroatoms. The Bertz CT molecular complexity index is 1780. The van der Waals surface area contributed by atoms with Crippen LogP contribution in [0.5, 0.6) is 5.88 Å². The molecule has 37 heavy (non-hydrogen) atoms. The van der Waals surface area contributed by atoms with Gasteiger partial charge in [0.1, 0.15) is 11.4 Å². The number of hydrogen-bond donors (Lipinski definition) is 3. The number of aromatic hydroxyl groups is 1. The van der Waals surface area contributed by atoms with E-state index in [0.29, 0.717) is 47.2 Å². The number of benzene rings is 2. The van der Waals surface area contributed by atoms with Crippen LogP contribution in [0.15, 0.2) is 82.5 Å². The lowest BCUT2D eigenvalue weighted by molar-refractivity contribution is 0.0924. The Morgan fingerprint density at radius 2 is 1.81 bits per heavy atom. The monoisotopic (exact) mass is 515 g/mol. The average molecular weight is 516 g/mol. The van der Waals surface area contributed by atoms with Gasteiger partial charge >= 0.3 is 5.69 Å².